The Morgan fingerprint density at radius 1 is 1.03 bits per heavy atom. The molecule has 0 saturated heterocycles. The van der Waals surface area contributed by atoms with Crippen LogP contribution in [0.5, 0.6) is 11.5 Å². The third kappa shape index (κ3) is 3.68. The molecule has 1 aliphatic heterocycles. The van der Waals surface area contributed by atoms with E-state index >= 15 is 0 Å². The monoisotopic (exact) mass is 433 g/mol. The lowest BCUT2D eigenvalue weighted by Crippen LogP contribution is -2.36. The second kappa shape index (κ2) is 8.49. The maximum absolute atomic E-state index is 5.61. The molecule has 0 fully saturated rings. The van der Waals surface area contributed by atoms with Gasteiger partial charge in [0, 0.05) is 11.4 Å². The summed E-state index contributed by atoms with van der Waals surface area (Å²) in [6, 6.07) is 18.6. The topological polar surface area (TPSA) is 65.3 Å². The van der Waals surface area contributed by atoms with E-state index in [-0.39, 0.29) is 6.04 Å². The van der Waals surface area contributed by atoms with Gasteiger partial charge in [-0.2, -0.15) is 4.68 Å². The van der Waals surface area contributed by atoms with Crippen LogP contribution in [-0.4, -0.2) is 45.9 Å². The third-order valence-electron chi connectivity index (χ3n) is 5.67. The van der Waals surface area contributed by atoms with Crippen molar-refractivity contribution in [2.45, 2.75) is 19.0 Å². The number of para-hydroxylation sites is 1. The molecule has 2 aromatic heterocycles. The van der Waals surface area contributed by atoms with Crippen LogP contribution in [0.3, 0.4) is 0 Å². The summed E-state index contributed by atoms with van der Waals surface area (Å²) in [5, 5.41) is 14.6. The molecule has 0 bridgehead atoms. The van der Waals surface area contributed by atoms with Crippen molar-refractivity contribution in [2.75, 3.05) is 20.8 Å². The van der Waals surface area contributed by atoms with E-state index in [1.807, 2.05) is 35.0 Å². The third-order valence-corrected chi connectivity index (χ3v) is 6.59. The van der Waals surface area contributed by atoms with Gasteiger partial charge in [-0.3, -0.25) is 4.90 Å². The number of rotatable bonds is 6. The van der Waals surface area contributed by atoms with Crippen molar-refractivity contribution in [1.82, 2.24) is 25.1 Å². The quantitative estimate of drug-likeness (QED) is 0.460. The number of methoxy groups -OCH3 is 2. The van der Waals surface area contributed by atoms with Crippen LogP contribution in [-0.2, 0) is 13.0 Å². The standard InChI is InChI=1S/C23H23N5O2S/c1-29-19-13-16-10-11-27(15-22-24-25-26-28(22)17-7-4-3-5-8-17)23(21-9-6-12-31-21)18(16)14-20(19)30-2/h3-9,12-14,23H,10-11,15H2,1-2H3. The second-order valence-electron chi connectivity index (χ2n) is 7.39. The van der Waals surface area contributed by atoms with Gasteiger partial charge in [-0.25, -0.2) is 0 Å². The zero-order valence-corrected chi connectivity index (χ0v) is 18.2. The highest BCUT2D eigenvalue weighted by Gasteiger charge is 2.32. The van der Waals surface area contributed by atoms with Crippen molar-refractivity contribution in [3.05, 3.63) is 81.8 Å². The summed E-state index contributed by atoms with van der Waals surface area (Å²) < 4.78 is 13.0. The first-order valence-corrected chi connectivity index (χ1v) is 11.0. The highest BCUT2D eigenvalue weighted by atomic mass is 32.1. The summed E-state index contributed by atoms with van der Waals surface area (Å²) in [5.41, 5.74) is 3.49. The second-order valence-corrected chi connectivity index (χ2v) is 8.37. The molecule has 0 aliphatic carbocycles. The molecule has 3 heterocycles. The summed E-state index contributed by atoms with van der Waals surface area (Å²) in [6.07, 6.45) is 0.921. The Balaban J connectivity index is 1.54. The first-order valence-electron chi connectivity index (χ1n) is 10.1. The van der Waals surface area contributed by atoms with Gasteiger partial charge in [0.15, 0.2) is 17.3 Å². The highest BCUT2D eigenvalue weighted by Crippen LogP contribution is 2.42. The van der Waals surface area contributed by atoms with Crippen LogP contribution < -0.4 is 9.47 Å². The lowest BCUT2D eigenvalue weighted by molar-refractivity contribution is 0.199. The lowest BCUT2D eigenvalue weighted by Gasteiger charge is -2.37. The van der Waals surface area contributed by atoms with Gasteiger partial charge < -0.3 is 9.47 Å². The molecule has 0 amide bonds. The number of aromatic nitrogens is 4. The molecule has 5 rings (SSSR count). The molecule has 7 nitrogen and oxygen atoms in total. The van der Waals surface area contributed by atoms with Crippen molar-refractivity contribution in [1.29, 1.82) is 0 Å². The van der Waals surface area contributed by atoms with Gasteiger partial charge in [-0.05, 0) is 63.7 Å². The van der Waals surface area contributed by atoms with Crippen LogP contribution in [0.1, 0.15) is 27.9 Å². The van der Waals surface area contributed by atoms with Crippen molar-refractivity contribution in [2.24, 2.45) is 0 Å². The lowest BCUT2D eigenvalue weighted by atomic mass is 9.91. The Morgan fingerprint density at radius 3 is 2.58 bits per heavy atom. The molecule has 8 heteroatoms. The van der Waals surface area contributed by atoms with Gasteiger partial charge >= 0.3 is 0 Å². The molecule has 158 valence electrons. The Hall–Kier alpha value is -3.23. The minimum Gasteiger partial charge on any atom is -0.493 e. The first-order chi connectivity index (χ1) is 15.3. The maximum atomic E-state index is 5.61. The molecule has 1 aliphatic rings. The molecule has 1 atom stereocenters. The number of thiophene rings is 1. The minimum atomic E-state index is 0.101. The fourth-order valence-corrected chi connectivity index (χ4v) is 5.08. The van der Waals surface area contributed by atoms with Crippen LogP contribution in [0.25, 0.3) is 5.69 Å². The van der Waals surface area contributed by atoms with E-state index in [2.05, 4.69) is 50.1 Å². The van der Waals surface area contributed by atoms with E-state index < -0.39 is 0 Å². The van der Waals surface area contributed by atoms with Gasteiger partial charge in [-0.15, -0.1) is 16.4 Å². The zero-order chi connectivity index (χ0) is 21.2. The smallest absolute Gasteiger partial charge is 0.170 e. The molecule has 0 radical (unpaired) electrons. The summed E-state index contributed by atoms with van der Waals surface area (Å²) >= 11 is 1.76. The van der Waals surface area contributed by atoms with Crippen molar-refractivity contribution in [3.63, 3.8) is 0 Å². The van der Waals surface area contributed by atoms with Crippen LogP contribution >= 0.6 is 11.3 Å². The van der Waals surface area contributed by atoms with E-state index in [9.17, 15) is 0 Å². The Labute approximate surface area is 184 Å². The van der Waals surface area contributed by atoms with Crippen LogP contribution in [0.2, 0.25) is 0 Å². The molecular formula is C23H23N5O2S. The number of fused-ring (bicyclic) bond motifs is 1. The van der Waals surface area contributed by atoms with E-state index in [1.54, 1.807) is 25.6 Å². The molecule has 31 heavy (non-hydrogen) atoms. The average molecular weight is 434 g/mol. The molecule has 0 saturated carbocycles. The van der Waals surface area contributed by atoms with E-state index in [0.29, 0.717) is 6.54 Å². The molecule has 4 aromatic rings. The summed E-state index contributed by atoms with van der Waals surface area (Å²) in [5.74, 6) is 2.34. The predicted molar refractivity (Wildman–Crippen MR) is 119 cm³/mol. The van der Waals surface area contributed by atoms with Crippen molar-refractivity contribution in [3.8, 4) is 17.2 Å². The Bertz CT molecular complexity index is 1160. The molecule has 1 unspecified atom stereocenters. The first kappa shape index (κ1) is 19.7. The minimum absolute atomic E-state index is 0.101. The highest BCUT2D eigenvalue weighted by molar-refractivity contribution is 7.10. The van der Waals surface area contributed by atoms with Crippen LogP contribution in [0.15, 0.2) is 60.0 Å². The Kier molecular flexibility index (Phi) is 5.40. The van der Waals surface area contributed by atoms with Gasteiger partial charge in [0.25, 0.3) is 0 Å². The van der Waals surface area contributed by atoms with Gasteiger partial charge in [0.1, 0.15) is 0 Å². The van der Waals surface area contributed by atoms with Gasteiger partial charge in [-0.1, -0.05) is 24.3 Å². The number of hydrogen-bond acceptors (Lipinski definition) is 7. The normalized spacial score (nSPS) is 16.1. The fourth-order valence-electron chi connectivity index (χ4n) is 4.20. The van der Waals surface area contributed by atoms with Gasteiger partial charge in [0.05, 0.1) is 32.5 Å². The van der Waals surface area contributed by atoms with Crippen LogP contribution in [0, 0.1) is 0 Å². The molecule has 0 spiro atoms. The SMILES string of the molecule is COc1cc2c(cc1OC)C(c1cccs1)N(Cc1nnnn1-c1ccccc1)CC2. The number of benzene rings is 2. The largest absolute Gasteiger partial charge is 0.493 e. The summed E-state index contributed by atoms with van der Waals surface area (Å²) in [6.45, 7) is 1.53. The number of hydrogen-bond donors (Lipinski definition) is 0. The number of tetrazole rings is 1. The van der Waals surface area contributed by atoms with Gasteiger partial charge in [0.2, 0.25) is 0 Å². The molecule has 0 N–H and O–H groups in total. The predicted octanol–water partition coefficient (Wildman–Crippen LogP) is 3.89. The van der Waals surface area contributed by atoms with Crippen molar-refractivity contribution >= 4 is 11.3 Å². The Morgan fingerprint density at radius 2 is 1.84 bits per heavy atom. The fraction of sp³-hybridized carbons (Fsp3) is 0.261. The summed E-state index contributed by atoms with van der Waals surface area (Å²) in [4.78, 5) is 3.72. The number of nitrogens with zero attached hydrogens (tertiary/aromatic N) is 5. The average Bonchev–Trinajstić information content (AvgIpc) is 3.51. The van der Waals surface area contributed by atoms with E-state index in [4.69, 9.17) is 9.47 Å². The van der Waals surface area contributed by atoms with E-state index in [1.165, 1.54) is 16.0 Å². The number of ether oxygens (including phenoxy) is 2. The maximum Gasteiger partial charge on any atom is 0.170 e. The molecule has 2 aromatic carbocycles. The molecular weight excluding hydrogens is 410 g/mol. The van der Waals surface area contributed by atoms with Crippen LogP contribution in [0.4, 0.5) is 0 Å². The van der Waals surface area contributed by atoms with Crippen molar-refractivity contribution < 1.29 is 9.47 Å². The summed E-state index contributed by atoms with van der Waals surface area (Å²) in [7, 11) is 3.36. The zero-order valence-electron chi connectivity index (χ0n) is 17.4. The van der Waals surface area contributed by atoms with E-state index in [0.717, 1.165) is 36.0 Å².